The molecule has 0 saturated carbocycles. The summed E-state index contributed by atoms with van der Waals surface area (Å²) in [6.07, 6.45) is 4.45. The van der Waals surface area contributed by atoms with Gasteiger partial charge in [0.25, 0.3) is 5.91 Å². The third kappa shape index (κ3) is 3.69. The zero-order valence-corrected chi connectivity index (χ0v) is 11.3. The highest BCUT2D eigenvalue weighted by atomic mass is 79.9. The van der Waals surface area contributed by atoms with E-state index in [1.807, 2.05) is 0 Å². The quantitative estimate of drug-likeness (QED) is 0.698. The fraction of sp³-hybridized carbons (Fsp3) is 0. The van der Waals surface area contributed by atoms with Gasteiger partial charge < -0.3 is 0 Å². The number of halogens is 2. The van der Waals surface area contributed by atoms with Gasteiger partial charge in [0.1, 0.15) is 5.82 Å². The maximum atomic E-state index is 13.0. The maximum absolute atomic E-state index is 13.0. The number of hydrazone groups is 1. The van der Waals surface area contributed by atoms with Crippen molar-refractivity contribution in [1.29, 1.82) is 0 Å². The molecule has 4 nitrogen and oxygen atoms in total. The Kier molecular flexibility index (Phi) is 4.35. The van der Waals surface area contributed by atoms with E-state index in [1.165, 1.54) is 18.5 Å². The van der Waals surface area contributed by atoms with Crippen LogP contribution in [0.2, 0.25) is 0 Å². The number of hydrogen-bond donors (Lipinski definition) is 1. The van der Waals surface area contributed by atoms with Gasteiger partial charge in [-0.3, -0.25) is 9.78 Å². The summed E-state index contributed by atoms with van der Waals surface area (Å²) in [5.74, 6) is -0.706. The Labute approximate surface area is 117 Å². The summed E-state index contributed by atoms with van der Waals surface area (Å²) in [6, 6.07) is 7.73. The summed E-state index contributed by atoms with van der Waals surface area (Å²) >= 11 is 3.07. The van der Waals surface area contributed by atoms with E-state index in [1.54, 1.807) is 30.5 Å². The van der Waals surface area contributed by atoms with Crippen LogP contribution in [0, 0.1) is 5.82 Å². The highest BCUT2D eigenvalue weighted by Crippen LogP contribution is 2.15. The number of rotatable bonds is 3. The molecule has 1 amide bonds. The summed E-state index contributed by atoms with van der Waals surface area (Å²) in [5.41, 5.74) is 3.45. The largest absolute Gasteiger partial charge is 0.272 e. The van der Waals surface area contributed by atoms with E-state index >= 15 is 0 Å². The van der Waals surface area contributed by atoms with Gasteiger partial charge in [0, 0.05) is 12.4 Å². The predicted octanol–water partition coefficient (Wildman–Crippen LogP) is 2.75. The highest BCUT2D eigenvalue weighted by molar-refractivity contribution is 9.10. The second-order valence-electron chi connectivity index (χ2n) is 3.61. The molecule has 19 heavy (non-hydrogen) atoms. The summed E-state index contributed by atoms with van der Waals surface area (Å²) < 4.78 is 13.3. The molecule has 6 heteroatoms. The molecule has 0 aliphatic rings. The van der Waals surface area contributed by atoms with E-state index in [9.17, 15) is 9.18 Å². The lowest BCUT2D eigenvalue weighted by Gasteiger charge is -1.99. The van der Waals surface area contributed by atoms with Gasteiger partial charge in [-0.2, -0.15) is 5.10 Å². The summed E-state index contributed by atoms with van der Waals surface area (Å²) in [4.78, 5) is 15.5. The number of aromatic nitrogens is 1. The molecule has 2 rings (SSSR count). The van der Waals surface area contributed by atoms with Crippen molar-refractivity contribution >= 4 is 28.1 Å². The summed E-state index contributed by atoms with van der Waals surface area (Å²) in [6.45, 7) is 0. The van der Waals surface area contributed by atoms with Crippen molar-refractivity contribution in [3.8, 4) is 0 Å². The van der Waals surface area contributed by atoms with E-state index in [0.717, 1.165) is 0 Å². The molecular weight excluding hydrogens is 313 g/mol. The molecule has 0 saturated heterocycles. The maximum Gasteiger partial charge on any atom is 0.272 e. The molecule has 1 heterocycles. The first kappa shape index (κ1) is 13.4. The Hall–Kier alpha value is -2.08. The first-order chi connectivity index (χ1) is 9.16. The Bertz CT molecular complexity index is 617. The van der Waals surface area contributed by atoms with Crippen LogP contribution in [0.1, 0.15) is 15.9 Å². The van der Waals surface area contributed by atoms with Crippen LogP contribution in [-0.4, -0.2) is 17.1 Å². The molecule has 0 unspecified atom stereocenters. The van der Waals surface area contributed by atoms with E-state index in [0.29, 0.717) is 15.6 Å². The van der Waals surface area contributed by atoms with E-state index in [2.05, 4.69) is 31.4 Å². The number of amides is 1. The number of nitrogens with one attached hydrogen (secondary N) is 1. The minimum Gasteiger partial charge on any atom is -0.267 e. The Morgan fingerprint density at radius 1 is 1.42 bits per heavy atom. The molecule has 0 bridgehead atoms. The number of benzene rings is 1. The van der Waals surface area contributed by atoms with Crippen LogP contribution in [-0.2, 0) is 0 Å². The van der Waals surface area contributed by atoms with Gasteiger partial charge in [-0.05, 0) is 45.8 Å². The number of nitrogens with zero attached hydrogens (tertiary/aromatic N) is 2. The zero-order valence-electron chi connectivity index (χ0n) is 9.68. The molecule has 0 radical (unpaired) electrons. The molecule has 0 aliphatic heterocycles. The van der Waals surface area contributed by atoms with Crippen LogP contribution >= 0.6 is 15.9 Å². The predicted molar refractivity (Wildman–Crippen MR) is 73.4 cm³/mol. The standard InChI is InChI=1S/C13H9BrFN3O/c14-11-6-9(3-4-12(11)15)7-17-18-13(19)10-2-1-5-16-8-10/h1-8H,(H,18,19). The van der Waals surface area contributed by atoms with Crippen LogP contribution in [0.25, 0.3) is 0 Å². The van der Waals surface area contributed by atoms with Crippen LogP contribution in [0.4, 0.5) is 4.39 Å². The van der Waals surface area contributed by atoms with Crippen LogP contribution in [0.5, 0.6) is 0 Å². The Morgan fingerprint density at radius 3 is 2.95 bits per heavy atom. The molecule has 0 spiro atoms. The van der Waals surface area contributed by atoms with E-state index in [-0.39, 0.29) is 11.7 Å². The lowest BCUT2D eigenvalue weighted by Crippen LogP contribution is -2.17. The highest BCUT2D eigenvalue weighted by Gasteiger charge is 2.02. The van der Waals surface area contributed by atoms with Crippen molar-refractivity contribution in [1.82, 2.24) is 10.4 Å². The van der Waals surface area contributed by atoms with Crippen molar-refractivity contribution in [3.63, 3.8) is 0 Å². The van der Waals surface area contributed by atoms with E-state index in [4.69, 9.17) is 0 Å². The van der Waals surface area contributed by atoms with Crippen LogP contribution < -0.4 is 5.43 Å². The van der Waals surface area contributed by atoms with Gasteiger partial charge >= 0.3 is 0 Å². The van der Waals surface area contributed by atoms with Gasteiger partial charge in [-0.25, -0.2) is 9.82 Å². The van der Waals surface area contributed by atoms with Crippen LogP contribution in [0.15, 0.2) is 52.3 Å². The van der Waals surface area contributed by atoms with Crippen molar-refractivity contribution in [2.24, 2.45) is 5.10 Å². The minimum atomic E-state index is -0.356. The zero-order chi connectivity index (χ0) is 13.7. The Morgan fingerprint density at radius 2 is 2.26 bits per heavy atom. The van der Waals surface area contributed by atoms with Gasteiger partial charge in [0.15, 0.2) is 0 Å². The molecule has 96 valence electrons. The average molecular weight is 322 g/mol. The molecule has 1 aromatic heterocycles. The monoisotopic (exact) mass is 321 g/mol. The fourth-order valence-electron chi connectivity index (χ4n) is 1.32. The van der Waals surface area contributed by atoms with Crippen molar-refractivity contribution in [2.45, 2.75) is 0 Å². The molecular formula is C13H9BrFN3O. The molecule has 0 atom stereocenters. The number of carbonyl (C=O) groups excluding carboxylic acids is 1. The summed E-state index contributed by atoms with van der Waals surface area (Å²) in [7, 11) is 0. The van der Waals surface area contributed by atoms with Crippen molar-refractivity contribution in [3.05, 3.63) is 64.1 Å². The number of carbonyl (C=O) groups is 1. The number of hydrogen-bond acceptors (Lipinski definition) is 3. The second-order valence-corrected chi connectivity index (χ2v) is 4.47. The number of pyridine rings is 1. The van der Waals surface area contributed by atoms with Gasteiger partial charge in [0.05, 0.1) is 16.3 Å². The smallest absolute Gasteiger partial charge is 0.267 e. The second kappa shape index (κ2) is 6.19. The average Bonchev–Trinajstić information content (AvgIpc) is 2.43. The van der Waals surface area contributed by atoms with Gasteiger partial charge in [-0.15, -0.1) is 0 Å². The summed E-state index contributed by atoms with van der Waals surface area (Å²) in [5, 5.41) is 3.79. The minimum absolute atomic E-state index is 0.343. The van der Waals surface area contributed by atoms with Gasteiger partial charge in [0.2, 0.25) is 0 Å². The molecule has 0 aliphatic carbocycles. The lowest BCUT2D eigenvalue weighted by molar-refractivity contribution is 0.0955. The van der Waals surface area contributed by atoms with Crippen molar-refractivity contribution in [2.75, 3.05) is 0 Å². The third-order valence-electron chi connectivity index (χ3n) is 2.25. The van der Waals surface area contributed by atoms with Crippen LogP contribution in [0.3, 0.4) is 0 Å². The Balaban J connectivity index is 2.00. The lowest BCUT2D eigenvalue weighted by atomic mass is 10.2. The third-order valence-corrected chi connectivity index (χ3v) is 2.85. The molecule has 0 fully saturated rings. The normalized spacial score (nSPS) is 10.6. The van der Waals surface area contributed by atoms with Gasteiger partial charge in [-0.1, -0.05) is 6.07 Å². The topological polar surface area (TPSA) is 54.4 Å². The van der Waals surface area contributed by atoms with E-state index < -0.39 is 0 Å². The molecule has 1 N–H and O–H groups in total. The SMILES string of the molecule is O=C(NN=Cc1ccc(F)c(Br)c1)c1cccnc1. The van der Waals surface area contributed by atoms with Crippen molar-refractivity contribution < 1.29 is 9.18 Å². The molecule has 1 aromatic carbocycles. The fourth-order valence-corrected chi connectivity index (χ4v) is 1.72. The molecule has 2 aromatic rings. The first-order valence-corrected chi connectivity index (χ1v) is 6.14. The first-order valence-electron chi connectivity index (χ1n) is 5.35.